The first-order valence-corrected chi connectivity index (χ1v) is 7.45. The minimum atomic E-state index is -0.185. The zero-order valence-corrected chi connectivity index (χ0v) is 13.4. The molecule has 0 unspecified atom stereocenters. The van der Waals surface area contributed by atoms with Crippen LogP contribution in [-0.4, -0.2) is 19.1 Å². The smallest absolute Gasteiger partial charge is 0.252 e. The number of nitrogen functional groups attached to an aromatic ring is 1. The van der Waals surface area contributed by atoms with Gasteiger partial charge in [0, 0.05) is 21.2 Å². The van der Waals surface area contributed by atoms with Crippen LogP contribution < -0.4 is 15.8 Å². The first-order valence-electron chi connectivity index (χ1n) is 6.28. The molecule has 0 heterocycles. The number of ether oxygens (including phenoxy) is 1. The molecule has 2 aromatic carbocycles. The number of carbonyl (C=O) groups excluding carboxylic acids is 1. The van der Waals surface area contributed by atoms with Crippen molar-refractivity contribution in [2.45, 2.75) is 0 Å². The first-order chi connectivity index (χ1) is 10.1. The summed E-state index contributed by atoms with van der Waals surface area (Å²) in [6.07, 6.45) is 0. The van der Waals surface area contributed by atoms with E-state index in [9.17, 15) is 4.79 Å². The Hall–Kier alpha value is -1.72. The van der Waals surface area contributed by atoms with Crippen LogP contribution in [0.25, 0.3) is 0 Å². The highest BCUT2D eigenvalue weighted by Gasteiger charge is 2.09. The van der Waals surface area contributed by atoms with E-state index in [0.29, 0.717) is 39.6 Å². The third-order valence-corrected chi connectivity index (χ3v) is 3.58. The molecule has 3 N–H and O–H groups in total. The van der Waals surface area contributed by atoms with Gasteiger partial charge in [-0.3, -0.25) is 4.79 Å². The molecule has 0 saturated heterocycles. The minimum Gasteiger partial charge on any atom is -0.492 e. The number of nitrogens with two attached hydrogens (primary N) is 1. The lowest BCUT2D eigenvalue weighted by atomic mass is 10.2. The molecule has 0 spiro atoms. The van der Waals surface area contributed by atoms with E-state index in [0.717, 1.165) is 0 Å². The molecule has 1 amide bonds. The molecule has 2 rings (SSSR count). The van der Waals surface area contributed by atoms with Crippen LogP contribution in [0.1, 0.15) is 10.4 Å². The van der Waals surface area contributed by atoms with E-state index in [4.69, 9.17) is 22.1 Å². The summed E-state index contributed by atoms with van der Waals surface area (Å²) in [4.78, 5) is 12.0. The number of benzene rings is 2. The summed E-state index contributed by atoms with van der Waals surface area (Å²) in [5, 5.41) is 3.35. The molecule has 0 saturated carbocycles. The average molecular weight is 370 g/mol. The molecular weight excluding hydrogens is 356 g/mol. The van der Waals surface area contributed by atoms with Gasteiger partial charge in [-0.25, -0.2) is 0 Å². The van der Waals surface area contributed by atoms with Crippen LogP contribution in [0.4, 0.5) is 5.69 Å². The van der Waals surface area contributed by atoms with E-state index in [1.165, 1.54) is 0 Å². The van der Waals surface area contributed by atoms with Crippen molar-refractivity contribution >= 4 is 39.1 Å². The van der Waals surface area contributed by atoms with E-state index in [-0.39, 0.29) is 5.91 Å². The first kappa shape index (κ1) is 15.7. The number of nitrogens with one attached hydrogen (secondary N) is 1. The Balaban J connectivity index is 1.82. The van der Waals surface area contributed by atoms with E-state index in [1.54, 1.807) is 30.3 Å². The molecule has 0 aliphatic heterocycles. The quantitative estimate of drug-likeness (QED) is 0.626. The lowest BCUT2D eigenvalue weighted by Gasteiger charge is -2.09. The van der Waals surface area contributed by atoms with Gasteiger partial charge in [-0.05, 0) is 46.3 Å². The van der Waals surface area contributed by atoms with Crippen LogP contribution in [0.3, 0.4) is 0 Å². The van der Waals surface area contributed by atoms with Gasteiger partial charge in [0.2, 0.25) is 0 Å². The Morgan fingerprint density at radius 3 is 2.81 bits per heavy atom. The summed E-state index contributed by atoms with van der Waals surface area (Å²) in [6, 6.07) is 12.2. The highest BCUT2D eigenvalue weighted by Crippen LogP contribution is 2.21. The number of hydrogen-bond donors (Lipinski definition) is 2. The lowest BCUT2D eigenvalue weighted by Crippen LogP contribution is -2.28. The Morgan fingerprint density at radius 1 is 1.29 bits per heavy atom. The van der Waals surface area contributed by atoms with Crippen molar-refractivity contribution in [1.29, 1.82) is 0 Å². The highest BCUT2D eigenvalue weighted by atomic mass is 79.9. The molecule has 0 bridgehead atoms. The summed E-state index contributed by atoms with van der Waals surface area (Å²) in [5.74, 6) is 0.492. The molecule has 0 aromatic heterocycles. The largest absolute Gasteiger partial charge is 0.492 e. The predicted molar refractivity (Wildman–Crippen MR) is 87.8 cm³/mol. The van der Waals surface area contributed by atoms with Crippen LogP contribution in [0.2, 0.25) is 5.02 Å². The molecule has 0 radical (unpaired) electrons. The van der Waals surface area contributed by atoms with E-state index in [2.05, 4.69) is 21.2 Å². The summed E-state index contributed by atoms with van der Waals surface area (Å²) in [5.41, 5.74) is 6.82. The number of hydrogen-bond acceptors (Lipinski definition) is 3. The van der Waals surface area contributed by atoms with Crippen LogP contribution in [-0.2, 0) is 0 Å². The van der Waals surface area contributed by atoms with Crippen LogP contribution in [0, 0.1) is 0 Å². The van der Waals surface area contributed by atoms with Gasteiger partial charge in [-0.2, -0.15) is 0 Å². The standard InChI is InChI=1S/C15H14BrClN2O2/c16-14-8-10(17)4-5-13(14)15(20)19-6-7-21-12-3-1-2-11(18)9-12/h1-5,8-9H,6-7,18H2,(H,19,20). The zero-order chi connectivity index (χ0) is 15.2. The van der Waals surface area contributed by atoms with Crippen LogP contribution in [0.5, 0.6) is 5.75 Å². The fourth-order valence-electron chi connectivity index (χ4n) is 1.71. The summed E-state index contributed by atoms with van der Waals surface area (Å²) in [7, 11) is 0. The number of carbonyl (C=O) groups is 1. The number of halogens is 2. The average Bonchev–Trinajstić information content (AvgIpc) is 2.43. The molecule has 0 aliphatic carbocycles. The maximum absolute atomic E-state index is 12.0. The Kier molecular flexibility index (Phi) is 5.47. The fraction of sp³-hybridized carbons (Fsp3) is 0.133. The van der Waals surface area contributed by atoms with Crippen molar-refractivity contribution < 1.29 is 9.53 Å². The van der Waals surface area contributed by atoms with Crippen LogP contribution >= 0.6 is 27.5 Å². The third-order valence-electron chi connectivity index (χ3n) is 2.69. The molecule has 4 nitrogen and oxygen atoms in total. The topological polar surface area (TPSA) is 64.3 Å². The predicted octanol–water partition coefficient (Wildman–Crippen LogP) is 3.49. The van der Waals surface area contributed by atoms with Gasteiger partial charge in [0.05, 0.1) is 12.1 Å². The van der Waals surface area contributed by atoms with Gasteiger partial charge in [0.25, 0.3) is 5.91 Å². The number of anilines is 1. The summed E-state index contributed by atoms with van der Waals surface area (Å²) < 4.78 is 6.15. The summed E-state index contributed by atoms with van der Waals surface area (Å²) >= 11 is 9.15. The number of rotatable bonds is 5. The molecule has 21 heavy (non-hydrogen) atoms. The molecule has 0 atom stereocenters. The van der Waals surface area contributed by atoms with Crippen molar-refractivity contribution in [1.82, 2.24) is 5.32 Å². The second-order valence-corrected chi connectivity index (χ2v) is 5.59. The monoisotopic (exact) mass is 368 g/mol. The van der Waals surface area contributed by atoms with Crippen LogP contribution in [0.15, 0.2) is 46.9 Å². The van der Waals surface area contributed by atoms with Crippen molar-refractivity contribution in [2.75, 3.05) is 18.9 Å². The van der Waals surface area contributed by atoms with Crippen molar-refractivity contribution in [2.24, 2.45) is 0 Å². The Morgan fingerprint density at radius 2 is 2.10 bits per heavy atom. The molecule has 110 valence electrons. The maximum Gasteiger partial charge on any atom is 0.252 e. The Labute approximate surface area is 136 Å². The van der Waals surface area contributed by atoms with E-state index in [1.807, 2.05) is 12.1 Å². The molecular formula is C15H14BrClN2O2. The van der Waals surface area contributed by atoms with Gasteiger partial charge in [0.1, 0.15) is 12.4 Å². The van der Waals surface area contributed by atoms with Gasteiger partial charge < -0.3 is 15.8 Å². The van der Waals surface area contributed by atoms with Gasteiger partial charge >= 0.3 is 0 Å². The van der Waals surface area contributed by atoms with E-state index < -0.39 is 0 Å². The normalized spacial score (nSPS) is 10.2. The number of amides is 1. The van der Waals surface area contributed by atoms with Gasteiger partial charge in [0.15, 0.2) is 0 Å². The SMILES string of the molecule is Nc1cccc(OCCNC(=O)c2ccc(Cl)cc2Br)c1. The van der Waals surface area contributed by atoms with Gasteiger partial charge in [-0.15, -0.1) is 0 Å². The molecule has 6 heteroatoms. The zero-order valence-electron chi connectivity index (χ0n) is 11.1. The fourth-order valence-corrected chi connectivity index (χ4v) is 2.57. The molecule has 0 aliphatic rings. The maximum atomic E-state index is 12.0. The highest BCUT2D eigenvalue weighted by molar-refractivity contribution is 9.10. The van der Waals surface area contributed by atoms with Crippen molar-refractivity contribution in [3.8, 4) is 5.75 Å². The summed E-state index contributed by atoms with van der Waals surface area (Å²) in [6.45, 7) is 0.753. The third kappa shape index (κ3) is 4.65. The minimum absolute atomic E-state index is 0.185. The lowest BCUT2D eigenvalue weighted by molar-refractivity contribution is 0.0946. The molecule has 2 aromatic rings. The van der Waals surface area contributed by atoms with Crippen molar-refractivity contribution in [3.63, 3.8) is 0 Å². The second-order valence-electron chi connectivity index (χ2n) is 4.30. The van der Waals surface area contributed by atoms with Gasteiger partial charge in [-0.1, -0.05) is 17.7 Å². The molecule has 0 fully saturated rings. The van der Waals surface area contributed by atoms with Crippen molar-refractivity contribution in [3.05, 3.63) is 57.5 Å². The Bertz CT molecular complexity index is 649. The van der Waals surface area contributed by atoms with E-state index >= 15 is 0 Å². The second kappa shape index (κ2) is 7.33.